The van der Waals surface area contributed by atoms with E-state index in [0.29, 0.717) is 41.8 Å². The Labute approximate surface area is 263 Å². The zero-order valence-electron chi connectivity index (χ0n) is 20.3. The monoisotopic (exact) mass is 741 g/mol. The van der Waals surface area contributed by atoms with Crippen LogP contribution in [0.4, 0.5) is 0 Å². The molecule has 206 valence electrons. The van der Waals surface area contributed by atoms with Crippen LogP contribution < -0.4 is 0 Å². The fraction of sp³-hybridized carbons (Fsp3) is 0.308. The van der Waals surface area contributed by atoms with Gasteiger partial charge in [0.25, 0.3) is 0 Å². The molecular formula is C26H21Cl5IN3O4. The van der Waals surface area contributed by atoms with E-state index in [1.165, 1.54) is 6.33 Å². The number of ether oxygens (including phenoxy) is 3. The summed E-state index contributed by atoms with van der Waals surface area (Å²) in [5.41, 5.74) is 0.509. The summed E-state index contributed by atoms with van der Waals surface area (Å²) in [4.78, 5) is 8.48. The van der Waals surface area contributed by atoms with Crippen molar-refractivity contribution in [3.05, 3.63) is 88.9 Å². The standard InChI is InChI=1S/C26H21Cl5IN3O4/c1-26(36)22(38-10-14-3-5-16(28)7-18(14)30)20(11-37-9-13-2-4-15(27)6-17(13)29)39-25(26)35-8-19(32)21-23(31)33-12-34-24(21)35/h2-8,12,20,22,25,36H,9-11H2,1H3. The van der Waals surface area contributed by atoms with Crippen LogP contribution in [-0.4, -0.2) is 44.1 Å². The third kappa shape index (κ3) is 6.16. The number of aromatic nitrogens is 3. The lowest BCUT2D eigenvalue weighted by atomic mass is 9.96. The number of nitrogens with zero attached hydrogens (tertiary/aromatic N) is 3. The van der Waals surface area contributed by atoms with Gasteiger partial charge in [0.1, 0.15) is 34.9 Å². The number of rotatable bonds is 8. The molecular weight excluding hydrogens is 722 g/mol. The van der Waals surface area contributed by atoms with Crippen LogP contribution in [0.15, 0.2) is 48.9 Å². The molecule has 4 aromatic rings. The highest BCUT2D eigenvalue weighted by atomic mass is 127. The molecule has 0 radical (unpaired) electrons. The van der Waals surface area contributed by atoms with Crippen LogP contribution in [0.1, 0.15) is 24.3 Å². The molecule has 4 atom stereocenters. The maximum atomic E-state index is 11.9. The highest BCUT2D eigenvalue weighted by Gasteiger charge is 2.55. The summed E-state index contributed by atoms with van der Waals surface area (Å²) >= 11 is 33.2. The normalized spacial score (nSPS) is 23.1. The van der Waals surface area contributed by atoms with Crippen molar-refractivity contribution in [3.8, 4) is 0 Å². The lowest BCUT2D eigenvalue weighted by molar-refractivity contribution is -0.114. The van der Waals surface area contributed by atoms with Crippen LogP contribution in [0.25, 0.3) is 11.0 Å². The van der Waals surface area contributed by atoms with Crippen molar-refractivity contribution < 1.29 is 19.3 Å². The summed E-state index contributed by atoms with van der Waals surface area (Å²) in [6.45, 7) is 2.09. The van der Waals surface area contributed by atoms with Crippen molar-refractivity contribution in [3.63, 3.8) is 0 Å². The van der Waals surface area contributed by atoms with Crippen molar-refractivity contribution in [1.82, 2.24) is 14.5 Å². The molecule has 2 aromatic carbocycles. The Balaban J connectivity index is 1.42. The molecule has 1 aliphatic rings. The quantitative estimate of drug-likeness (QED) is 0.147. The van der Waals surface area contributed by atoms with E-state index in [4.69, 9.17) is 72.2 Å². The molecule has 0 spiro atoms. The van der Waals surface area contributed by atoms with Gasteiger partial charge in [0.15, 0.2) is 6.23 Å². The Morgan fingerprint density at radius 2 is 1.64 bits per heavy atom. The first-order chi connectivity index (χ1) is 18.6. The minimum absolute atomic E-state index is 0.108. The Morgan fingerprint density at radius 1 is 1.00 bits per heavy atom. The largest absolute Gasteiger partial charge is 0.383 e. The van der Waals surface area contributed by atoms with Gasteiger partial charge in [-0.15, -0.1) is 0 Å². The molecule has 5 rings (SSSR count). The van der Waals surface area contributed by atoms with Crippen molar-refractivity contribution >= 4 is 91.6 Å². The molecule has 7 nitrogen and oxygen atoms in total. The van der Waals surface area contributed by atoms with Gasteiger partial charge in [0, 0.05) is 29.9 Å². The number of fused-ring (bicyclic) bond motifs is 1. The minimum Gasteiger partial charge on any atom is -0.383 e. The lowest BCUT2D eigenvalue weighted by Gasteiger charge is -2.30. The van der Waals surface area contributed by atoms with Gasteiger partial charge in [0.2, 0.25) is 0 Å². The molecule has 0 bridgehead atoms. The van der Waals surface area contributed by atoms with Gasteiger partial charge in [-0.25, -0.2) is 9.97 Å². The van der Waals surface area contributed by atoms with Gasteiger partial charge in [-0.1, -0.05) is 70.1 Å². The Morgan fingerprint density at radius 3 is 2.28 bits per heavy atom. The fourth-order valence-corrected chi connectivity index (χ4v) is 6.68. The van der Waals surface area contributed by atoms with E-state index >= 15 is 0 Å². The molecule has 13 heteroatoms. The topological polar surface area (TPSA) is 78.6 Å². The molecule has 1 fully saturated rings. The third-order valence-corrected chi connectivity index (χ3v) is 8.75. The van der Waals surface area contributed by atoms with Crippen LogP contribution in [0.5, 0.6) is 0 Å². The molecule has 1 saturated heterocycles. The first kappa shape index (κ1) is 29.6. The number of hydrogen-bond donors (Lipinski definition) is 1. The fourth-order valence-electron chi connectivity index (χ4n) is 4.57. The average Bonchev–Trinajstić information content (AvgIpc) is 3.33. The summed E-state index contributed by atoms with van der Waals surface area (Å²) < 4.78 is 21.2. The molecule has 0 aliphatic carbocycles. The lowest BCUT2D eigenvalue weighted by Crippen LogP contribution is -2.46. The van der Waals surface area contributed by atoms with Gasteiger partial charge in [0.05, 0.1) is 25.2 Å². The number of benzene rings is 2. The van der Waals surface area contributed by atoms with Gasteiger partial charge < -0.3 is 23.9 Å². The molecule has 0 amide bonds. The number of hydrogen-bond acceptors (Lipinski definition) is 6. The van der Waals surface area contributed by atoms with E-state index in [1.54, 1.807) is 47.9 Å². The average molecular weight is 744 g/mol. The number of aliphatic hydroxyl groups is 1. The van der Waals surface area contributed by atoms with Gasteiger partial charge >= 0.3 is 0 Å². The molecule has 4 unspecified atom stereocenters. The number of halogens is 6. The summed E-state index contributed by atoms with van der Waals surface area (Å²) in [7, 11) is 0. The third-order valence-electron chi connectivity index (χ3n) is 6.48. The van der Waals surface area contributed by atoms with Gasteiger partial charge in [-0.2, -0.15) is 0 Å². The molecule has 0 saturated carbocycles. The molecule has 39 heavy (non-hydrogen) atoms. The van der Waals surface area contributed by atoms with E-state index in [2.05, 4.69) is 32.6 Å². The predicted octanol–water partition coefficient (Wildman–Crippen LogP) is 7.75. The maximum absolute atomic E-state index is 11.9. The zero-order valence-corrected chi connectivity index (χ0v) is 26.2. The van der Waals surface area contributed by atoms with Crippen molar-refractivity contribution in [2.75, 3.05) is 6.61 Å². The highest BCUT2D eigenvalue weighted by Crippen LogP contribution is 2.43. The summed E-state index contributed by atoms with van der Waals surface area (Å²) in [5.74, 6) is 0. The SMILES string of the molecule is CC1(O)C(OCc2ccc(Cl)cc2Cl)C(COCc2ccc(Cl)cc2Cl)OC1n1cc(I)c2c(Cl)ncnc21. The first-order valence-electron chi connectivity index (χ1n) is 11.7. The minimum atomic E-state index is -1.50. The Hall–Kier alpha value is -0.920. The van der Waals surface area contributed by atoms with E-state index < -0.39 is 24.0 Å². The van der Waals surface area contributed by atoms with Gasteiger partial charge in [-0.3, -0.25) is 0 Å². The van der Waals surface area contributed by atoms with Gasteiger partial charge in [-0.05, 0) is 64.9 Å². The second kappa shape index (κ2) is 12.1. The summed E-state index contributed by atoms with van der Waals surface area (Å²) in [6, 6.07) is 10.3. The van der Waals surface area contributed by atoms with Crippen LogP contribution in [-0.2, 0) is 27.4 Å². The predicted molar refractivity (Wildman–Crippen MR) is 161 cm³/mol. The smallest absolute Gasteiger partial charge is 0.167 e. The van der Waals surface area contributed by atoms with Crippen LogP contribution in [0, 0.1) is 3.57 Å². The zero-order chi connectivity index (χ0) is 27.9. The molecule has 3 heterocycles. The van der Waals surface area contributed by atoms with E-state index in [-0.39, 0.29) is 19.8 Å². The Bertz CT molecular complexity index is 1520. The second-order valence-electron chi connectivity index (χ2n) is 9.22. The molecule has 1 N–H and O–H groups in total. The summed E-state index contributed by atoms with van der Waals surface area (Å²) in [6.07, 6.45) is 0.854. The van der Waals surface area contributed by atoms with Crippen molar-refractivity contribution in [2.45, 2.75) is 44.2 Å². The molecule has 1 aliphatic heterocycles. The van der Waals surface area contributed by atoms with Crippen LogP contribution in [0.2, 0.25) is 25.2 Å². The molecule has 2 aromatic heterocycles. The van der Waals surface area contributed by atoms with E-state index in [0.717, 1.165) is 9.13 Å². The van der Waals surface area contributed by atoms with E-state index in [1.807, 2.05) is 6.20 Å². The maximum Gasteiger partial charge on any atom is 0.167 e. The van der Waals surface area contributed by atoms with Crippen molar-refractivity contribution in [1.29, 1.82) is 0 Å². The summed E-state index contributed by atoms with van der Waals surface area (Å²) in [5, 5.41) is 14.8. The Kier molecular flexibility index (Phi) is 9.20. The van der Waals surface area contributed by atoms with Crippen LogP contribution >= 0.6 is 80.6 Å². The van der Waals surface area contributed by atoms with Crippen molar-refractivity contribution in [2.24, 2.45) is 0 Å². The van der Waals surface area contributed by atoms with E-state index in [9.17, 15) is 5.11 Å². The van der Waals surface area contributed by atoms with Crippen LogP contribution in [0.3, 0.4) is 0 Å². The second-order valence-corrected chi connectivity index (χ2v) is 12.4. The first-order valence-corrected chi connectivity index (χ1v) is 14.6. The highest BCUT2D eigenvalue weighted by molar-refractivity contribution is 14.1.